The maximum Gasteiger partial charge on any atom is 0.309 e. The Hall–Kier alpha value is -1.51. The van der Waals surface area contributed by atoms with Crippen molar-refractivity contribution in [1.29, 1.82) is 0 Å². The van der Waals surface area contributed by atoms with Crippen molar-refractivity contribution < 1.29 is 9.90 Å². The summed E-state index contributed by atoms with van der Waals surface area (Å²) in [5.41, 5.74) is 2.16. The van der Waals surface area contributed by atoms with Crippen molar-refractivity contribution in [2.45, 2.75) is 25.8 Å². The number of anilines is 1. The van der Waals surface area contributed by atoms with Crippen molar-refractivity contribution >= 4 is 11.7 Å². The van der Waals surface area contributed by atoms with Gasteiger partial charge < -0.3 is 10.4 Å². The molecule has 2 N–H and O–H groups in total. The lowest BCUT2D eigenvalue weighted by Gasteiger charge is -2.34. The van der Waals surface area contributed by atoms with Gasteiger partial charge in [-0.3, -0.25) is 4.79 Å². The quantitative estimate of drug-likeness (QED) is 0.739. The maximum atomic E-state index is 11.1. The zero-order chi connectivity index (χ0) is 11.0. The fourth-order valence-corrected chi connectivity index (χ4v) is 2.41. The molecule has 0 amide bonds. The van der Waals surface area contributed by atoms with Crippen LogP contribution in [0, 0.1) is 5.92 Å². The number of carbonyl (C=O) groups is 1. The Bertz CT molecular complexity index is 389. The number of fused-ring (bicyclic) bond motifs is 1. The molecular formula is C12H15NO2. The van der Waals surface area contributed by atoms with Gasteiger partial charge in [0.05, 0.1) is 5.92 Å². The fourth-order valence-electron chi connectivity index (χ4n) is 2.41. The molecule has 0 aliphatic carbocycles. The van der Waals surface area contributed by atoms with E-state index in [9.17, 15) is 4.79 Å². The monoisotopic (exact) mass is 205 g/mol. The number of para-hydroxylation sites is 1. The van der Waals surface area contributed by atoms with Gasteiger partial charge in [-0.25, -0.2) is 0 Å². The summed E-state index contributed by atoms with van der Waals surface area (Å²) in [6.07, 6.45) is 0. The first-order valence-corrected chi connectivity index (χ1v) is 5.19. The number of rotatable bonds is 1. The van der Waals surface area contributed by atoms with Crippen LogP contribution in [-0.2, 0) is 4.79 Å². The highest BCUT2D eigenvalue weighted by Gasteiger charge is 2.36. The van der Waals surface area contributed by atoms with Gasteiger partial charge >= 0.3 is 5.97 Å². The standard InChI is InChI=1S/C12H15NO2/c1-7-9-5-3-4-6-10(9)13-8(2)11(7)12(14)15/h3-8,11,13H,1-2H3,(H,14,15)/t7-,8+,11-/m1/s1. The van der Waals surface area contributed by atoms with Gasteiger partial charge in [0, 0.05) is 11.7 Å². The molecule has 15 heavy (non-hydrogen) atoms. The Labute approximate surface area is 89.1 Å². The topological polar surface area (TPSA) is 49.3 Å². The third kappa shape index (κ3) is 1.58. The second kappa shape index (κ2) is 3.57. The lowest BCUT2D eigenvalue weighted by Crippen LogP contribution is -2.39. The van der Waals surface area contributed by atoms with E-state index in [-0.39, 0.29) is 17.9 Å². The van der Waals surface area contributed by atoms with Gasteiger partial charge in [0.25, 0.3) is 0 Å². The average molecular weight is 205 g/mol. The Morgan fingerprint density at radius 2 is 2.00 bits per heavy atom. The van der Waals surface area contributed by atoms with Crippen LogP contribution >= 0.6 is 0 Å². The highest BCUT2D eigenvalue weighted by molar-refractivity contribution is 5.75. The van der Waals surface area contributed by atoms with Crippen molar-refractivity contribution in [3.05, 3.63) is 29.8 Å². The molecule has 3 heteroatoms. The molecule has 3 nitrogen and oxygen atoms in total. The first kappa shape index (κ1) is 10.0. The van der Waals surface area contributed by atoms with Gasteiger partial charge in [-0.1, -0.05) is 25.1 Å². The minimum Gasteiger partial charge on any atom is -0.481 e. The third-order valence-corrected chi connectivity index (χ3v) is 3.20. The molecule has 0 fully saturated rings. The van der Waals surface area contributed by atoms with Gasteiger partial charge in [0.1, 0.15) is 0 Å². The smallest absolute Gasteiger partial charge is 0.309 e. The molecule has 0 aromatic heterocycles. The molecule has 0 saturated heterocycles. The van der Waals surface area contributed by atoms with Crippen molar-refractivity contribution in [1.82, 2.24) is 0 Å². The minimum atomic E-state index is -0.725. The molecule has 1 heterocycles. The molecule has 0 bridgehead atoms. The molecule has 3 atom stereocenters. The van der Waals surface area contributed by atoms with Gasteiger partial charge in [-0.2, -0.15) is 0 Å². The largest absolute Gasteiger partial charge is 0.481 e. The van der Waals surface area contributed by atoms with E-state index < -0.39 is 5.97 Å². The molecule has 0 spiro atoms. The van der Waals surface area contributed by atoms with E-state index in [1.165, 1.54) is 0 Å². The fraction of sp³-hybridized carbons (Fsp3) is 0.417. The van der Waals surface area contributed by atoms with Gasteiger partial charge in [0.15, 0.2) is 0 Å². The first-order valence-electron chi connectivity index (χ1n) is 5.19. The molecule has 0 radical (unpaired) electrons. The van der Waals surface area contributed by atoms with Crippen LogP contribution in [0.3, 0.4) is 0 Å². The predicted octanol–water partition coefficient (Wildman–Crippen LogP) is 2.30. The molecule has 80 valence electrons. The minimum absolute atomic E-state index is 0.0209. The Balaban J connectivity index is 2.42. The predicted molar refractivity (Wildman–Crippen MR) is 59.1 cm³/mol. The number of carboxylic acid groups (broad SMARTS) is 1. The van der Waals surface area contributed by atoms with E-state index in [2.05, 4.69) is 5.32 Å². The zero-order valence-corrected chi connectivity index (χ0v) is 8.90. The Morgan fingerprint density at radius 1 is 1.33 bits per heavy atom. The number of nitrogens with one attached hydrogen (secondary N) is 1. The molecule has 0 saturated carbocycles. The lowest BCUT2D eigenvalue weighted by molar-refractivity contribution is -0.142. The summed E-state index contributed by atoms with van der Waals surface area (Å²) in [6.45, 7) is 3.90. The number of aliphatic carboxylic acids is 1. The second-order valence-corrected chi connectivity index (χ2v) is 4.17. The van der Waals surface area contributed by atoms with Crippen molar-refractivity contribution in [3.63, 3.8) is 0 Å². The maximum absolute atomic E-state index is 11.1. The highest BCUT2D eigenvalue weighted by atomic mass is 16.4. The van der Waals surface area contributed by atoms with E-state index >= 15 is 0 Å². The number of carboxylic acids is 1. The summed E-state index contributed by atoms with van der Waals surface area (Å²) in [6, 6.07) is 7.89. The third-order valence-electron chi connectivity index (χ3n) is 3.20. The van der Waals surface area contributed by atoms with E-state index in [0.29, 0.717) is 0 Å². The average Bonchev–Trinajstić information content (AvgIpc) is 2.17. The molecule has 1 aromatic carbocycles. The van der Waals surface area contributed by atoms with Crippen LogP contribution in [-0.4, -0.2) is 17.1 Å². The molecule has 1 aliphatic rings. The van der Waals surface area contributed by atoms with Crippen LogP contribution in [0.5, 0.6) is 0 Å². The zero-order valence-electron chi connectivity index (χ0n) is 8.90. The summed E-state index contributed by atoms with van der Waals surface area (Å²) in [4.78, 5) is 11.1. The van der Waals surface area contributed by atoms with Crippen LogP contribution in [0.15, 0.2) is 24.3 Å². The summed E-state index contributed by atoms with van der Waals surface area (Å²) in [7, 11) is 0. The molecule has 2 rings (SSSR count). The van der Waals surface area contributed by atoms with E-state index in [1.54, 1.807) is 0 Å². The number of hydrogen-bond donors (Lipinski definition) is 2. The number of benzene rings is 1. The van der Waals surface area contributed by atoms with Crippen LogP contribution in [0.25, 0.3) is 0 Å². The van der Waals surface area contributed by atoms with E-state index in [0.717, 1.165) is 11.3 Å². The molecule has 1 aliphatic heterocycles. The summed E-state index contributed by atoms with van der Waals surface area (Å²) < 4.78 is 0. The lowest BCUT2D eigenvalue weighted by atomic mass is 9.79. The van der Waals surface area contributed by atoms with Crippen molar-refractivity contribution in [2.75, 3.05) is 5.32 Å². The second-order valence-electron chi connectivity index (χ2n) is 4.17. The summed E-state index contributed by atoms with van der Waals surface area (Å²) >= 11 is 0. The normalized spacial score (nSPS) is 29.1. The molecule has 1 aromatic rings. The highest BCUT2D eigenvalue weighted by Crippen LogP contribution is 2.37. The summed E-state index contributed by atoms with van der Waals surface area (Å²) in [5, 5.41) is 12.4. The Morgan fingerprint density at radius 3 is 2.67 bits per heavy atom. The van der Waals surface area contributed by atoms with Crippen LogP contribution < -0.4 is 5.32 Å². The van der Waals surface area contributed by atoms with E-state index in [4.69, 9.17) is 5.11 Å². The molecular weight excluding hydrogens is 190 g/mol. The van der Waals surface area contributed by atoms with Crippen molar-refractivity contribution in [2.24, 2.45) is 5.92 Å². The van der Waals surface area contributed by atoms with Crippen LogP contribution in [0.4, 0.5) is 5.69 Å². The van der Waals surface area contributed by atoms with Crippen LogP contribution in [0.2, 0.25) is 0 Å². The number of hydrogen-bond acceptors (Lipinski definition) is 2. The summed E-state index contributed by atoms with van der Waals surface area (Å²) in [5.74, 6) is -1.01. The van der Waals surface area contributed by atoms with Gasteiger partial charge in [-0.15, -0.1) is 0 Å². The Kier molecular flexibility index (Phi) is 2.39. The van der Waals surface area contributed by atoms with Crippen LogP contribution in [0.1, 0.15) is 25.3 Å². The SMILES string of the molecule is C[C@@H]1Nc2ccccc2[C@@H](C)[C@H]1C(=O)O. The van der Waals surface area contributed by atoms with E-state index in [1.807, 2.05) is 38.1 Å². The van der Waals surface area contributed by atoms with Gasteiger partial charge in [-0.05, 0) is 24.5 Å². The first-order chi connectivity index (χ1) is 7.11. The molecule has 0 unspecified atom stereocenters. The van der Waals surface area contributed by atoms with Gasteiger partial charge in [0.2, 0.25) is 0 Å². The van der Waals surface area contributed by atoms with Crippen molar-refractivity contribution in [3.8, 4) is 0 Å².